The van der Waals surface area contributed by atoms with E-state index in [2.05, 4.69) is 0 Å². The molecule has 2 aromatic rings. The quantitative estimate of drug-likeness (QED) is 0.398. The first-order chi connectivity index (χ1) is 14.7. The minimum absolute atomic E-state index is 0.00985. The molecule has 2 aromatic carbocycles. The Labute approximate surface area is 179 Å². The van der Waals surface area contributed by atoms with Crippen molar-refractivity contribution in [3.05, 3.63) is 65.0 Å². The van der Waals surface area contributed by atoms with Gasteiger partial charge in [0.2, 0.25) is 0 Å². The second-order valence-electron chi connectivity index (χ2n) is 7.35. The van der Waals surface area contributed by atoms with Crippen molar-refractivity contribution in [2.45, 2.75) is 26.0 Å². The maximum absolute atomic E-state index is 13.9. The van der Waals surface area contributed by atoms with Crippen LogP contribution in [0.15, 0.2) is 48.0 Å². The lowest BCUT2D eigenvalue weighted by Crippen LogP contribution is -2.33. The number of hydrogen-bond acceptors (Lipinski definition) is 6. The fourth-order valence-corrected chi connectivity index (χ4v) is 3.51. The molecule has 8 heteroatoms. The van der Waals surface area contributed by atoms with Crippen molar-refractivity contribution in [2.24, 2.45) is 0 Å². The zero-order valence-electron chi connectivity index (χ0n) is 17.5. The third-order valence-electron chi connectivity index (χ3n) is 4.95. The van der Waals surface area contributed by atoms with Crippen LogP contribution < -0.4 is 4.74 Å². The van der Waals surface area contributed by atoms with Crippen molar-refractivity contribution in [3.63, 3.8) is 0 Å². The van der Waals surface area contributed by atoms with Crippen molar-refractivity contribution in [1.82, 2.24) is 4.90 Å². The Hall–Kier alpha value is -3.39. The van der Waals surface area contributed by atoms with Crippen LogP contribution in [0, 0.1) is 5.82 Å². The third kappa shape index (κ3) is 4.54. The number of aliphatic hydroxyl groups excluding tert-OH is 1. The number of aliphatic hydroxyl groups is 1. The van der Waals surface area contributed by atoms with Crippen molar-refractivity contribution >= 4 is 17.4 Å². The molecule has 1 aliphatic heterocycles. The molecule has 0 aromatic heterocycles. The first-order valence-electron chi connectivity index (χ1n) is 9.77. The Morgan fingerprint density at radius 2 is 1.84 bits per heavy atom. The van der Waals surface area contributed by atoms with Crippen LogP contribution >= 0.6 is 0 Å². The van der Waals surface area contributed by atoms with E-state index in [-0.39, 0.29) is 41.9 Å². The number of halogens is 1. The van der Waals surface area contributed by atoms with Gasteiger partial charge in [0.25, 0.3) is 11.7 Å². The number of methoxy groups -OCH3 is 1. The Morgan fingerprint density at radius 1 is 1.16 bits per heavy atom. The van der Waals surface area contributed by atoms with Crippen molar-refractivity contribution in [3.8, 4) is 11.5 Å². The largest absolute Gasteiger partial charge is 0.508 e. The fraction of sp³-hybridized carbons (Fsp3) is 0.304. The lowest BCUT2D eigenvalue weighted by Gasteiger charge is -2.25. The van der Waals surface area contributed by atoms with E-state index in [1.54, 1.807) is 12.1 Å². The van der Waals surface area contributed by atoms with Gasteiger partial charge in [0.05, 0.1) is 37.0 Å². The van der Waals surface area contributed by atoms with E-state index in [1.807, 2.05) is 13.8 Å². The van der Waals surface area contributed by atoms with Crippen molar-refractivity contribution in [2.75, 3.05) is 20.3 Å². The molecular formula is C23H24FNO6. The van der Waals surface area contributed by atoms with Gasteiger partial charge in [-0.25, -0.2) is 4.39 Å². The van der Waals surface area contributed by atoms with Gasteiger partial charge in [0.1, 0.15) is 23.1 Å². The SMILES string of the molecule is COc1ccc(F)cc1/C(O)=C1\C(=O)C(=O)N(CCOC(C)C)C1c1ccc(O)cc1. The molecule has 1 fully saturated rings. The summed E-state index contributed by atoms with van der Waals surface area (Å²) in [6, 6.07) is 8.53. The molecule has 1 aliphatic rings. The molecule has 1 saturated heterocycles. The first-order valence-corrected chi connectivity index (χ1v) is 9.77. The Bertz CT molecular complexity index is 1020. The highest BCUT2D eigenvalue weighted by molar-refractivity contribution is 6.46. The number of rotatable bonds is 7. The van der Waals surface area contributed by atoms with Crippen LogP contribution in [0.3, 0.4) is 0 Å². The van der Waals surface area contributed by atoms with E-state index in [0.29, 0.717) is 5.56 Å². The maximum atomic E-state index is 13.9. The second-order valence-corrected chi connectivity index (χ2v) is 7.35. The van der Waals surface area contributed by atoms with E-state index < -0.39 is 29.3 Å². The number of hydrogen-bond donors (Lipinski definition) is 2. The van der Waals surface area contributed by atoms with E-state index in [0.717, 1.165) is 12.1 Å². The van der Waals surface area contributed by atoms with Gasteiger partial charge in [-0.3, -0.25) is 9.59 Å². The highest BCUT2D eigenvalue weighted by Gasteiger charge is 2.46. The first kappa shape index (κ1) is 22.3. The lowest BCUT2D eigenvalue weighted by atomic mass is 9.95. The van der Waals surface area contributed by atoms with Crippen LogP contribution in [0.5, 0.6) is 11.5 Å². The van der Waals surface area contributed by atoms with Gasteiger partial charge < -0.3 is 24.6 Å². The molecule has 0 bridgehead atoms. The molecule has 0 aliphatic carbocycles. The summed E-state index contributed by atoms with van der Waals surface area (Å²) in [7, 11) is 1.35. The average Bonchev–Trinajstić information content (AvgIpc) is 2.98. The van der Waals surface area contributed by atoms with Gasteiger partial charge in [-0.1, -0.05) is 12.1 Å². The van der Waals surface area contributed by atoms with Crippen LogP contribution in [0.4, 0.5) is 4.39 Å². The number of phenols is 1. The minimum atomic E-state index is -0.940. The van der Waals surface area contributed by atoms with Gasteiger partial charge in [-0.05, 0) is 49.7 Å². The smallest absolute Gasteiger partial charge is 0.295 e. The predicted molar refractivity (Wildman–Crippen MR) is 111 cm³/mol. The Balaban J connectivity index is 2.15. The number of ether oxygens (including phenoxy) is 2. The fourth-order valence-electron chi connectivity index (χ4n) is 3.51. The summed E-state index contributed by atoms with van der Waals surface area (Å²) >= 11 is 0. The molecule has 2 N–H and O–H groups in total. The number of ketones is 1. The van der Waals surface area contributed by atoms with Crippen molar-refractivity contribution < 1.29 is 33.7 Å². The Kier molecular flexibility index (Phi) is 6.60. The molecule has 7 nitrogen and oxygen atoms in total. The standard InChI is InChI=1S/C23H24FNO6/c1-13(2)31-11-10-25-20(14-4-7-16(26)8-5-14)19(22(28)23(25)29)21(27)17-12-15(24)6-9-18(17)30-3/h4-9,12-13,20,26-27H,10-11H2,1-3H3/b21-19+. The molecule has 0 saturated carbocycles. The summed E-state index contributed by atoms with van der Waals surface area (Å²) in [6.45, 7) is 3.98. The van der Waals surface area contributed by atoms with Crippen molar-refractivity contribution in [1.29, 1.82) is 0 Å². The number of aromatic hydroxyl groups is 1. The summed E-state index contributed by atoms with van der Waals surface area (Å²) in [4.78, 5) is 27.0. The molecular weight excluding hydrogens is 405 g/mol. The topological polar surface area (TPSA) is 96.3 Å². The number of benzene rings is 2. The van der Waals surface area contributed by atoms with E-state index in [9.17, 15) is 24.2 Å². The van der Waals surface area contributed by atoms with Crippen LogP contribution in [0.1, 0.15) is 31.0 Å². The van der Waals surface area contributed by atoms with E-state index in [4.69, 9.17) is 9.47 Å². The molecule has 3 rings (SSSR count). The summed E-state index contributed by atoms with van der Waals surface area (Å²) in [5.74, 6) is -2.72. The minimum Gasteiger partial charge on any atom is -0.508 e. The van der Waals surface area contributed by atoms with Gasteiger partial charge in [-0.2, -0.15) is 0 Å². The van der Waals surface area contributed by atoms with Gasteiger partial charge in [-0.15, -0.1) is 0 Å². The predicted octanol–water partition coefficient (Wildman–Crippen LogP) is 3.39. The molecule has 0 spiro atoms. The monoisotopic (exact) mass is 429 g/mol. The molecule has 1 heterocycles. The number of amides is 1. The zero-order chi connectivity index (χ0) is 22.7. The van der Waals surface area contributed by atoms with E-state index in [1.165, 1.54) is 30.2 Å². The number of carbonyl (C=O) groups is 2. The summed E-state index contributed by atoms with van der Waals surface area (Å²) in [6.07, 6.45) is -0.0690. The summed E-state index contributed by atoms with van der Waals surface area (Å²) in [5, 5.41) is 20.7. The van der Waals surface area contributed by atoms with Crippen LogP contribution in [-0.4, -0.2) is 53.2 Å². The summed E-state index contributed by atoms with van der Waals surface area (Å²) in [5.41, 5.74) is 0.269. The average molecular weight is 429 g/mol. The molecule has 1 unspecified atom stereocenters. The van der Waals surface area contributed by atoms with Gasteiger partial charge in [0.15, 0.2) is 0 Å². The van der Waals surface area contributed by atoms with E-state index >= 15 is 0 Å². The molecule has 164 valence electrons. The third-order valence-corrected chi connectivity index (χ3v) is 4.95. The van der Waals surface area contributed by atoms with Gasteiger partial charge in [0, 0.05) is 6.54 Å². The summed E-state index contributed by atoms with van der Waals surface area (Å²) < 4.78 is 24.6. The number of Topliss-reactive ketones (excluding diaryl/α,β-unsaturated/α-hetero) is 1. The number of carbonyl (C=O) groups excluding carboxylic acids is 2. The second kappa shape index (κ2) is 9.18. The molecule has 1 atom stereocenters. The van der Waals surface area contributed by atoms with Gasteiger partial charge >= 0.3 is 0 Å². The highest BCUT2D eigenvalue weighted by atomic mass is 19.1. The van der Waals surface area contributed by atoms with Crippen LogP contribution in [0.2, 0.25) is 0 Å². The van der Waals surface area contributed by atoms with Crippen LogP contribution in [0.25, 0.3) is 5.76 Å². The molecule has 1 amide bonds. The lowest BCUT2D eigenvalue weighted by molar-refractivity contribution is -0.140. The highest BCUT2D eigenvalue weighted by Crippen LogP contribution is 2.41. The number of nitrogens with zero attached hydrogens (tertiary/aromatic N) is 1. The molecule has 0 radical (unpaired) electrons. The Morgan fingerprint density at radius 3 is 2.45 bits per heavy atom. The molecule has 31 heavy (non-hydrogen) atoms. The normalized spacial score (nSPS) is 18.1. The maximum Gasteiger partial charge on any atom is 0.295 e. The van der Waals surface area contributed by atoms with Crippen LogP contribution in [-0.2, 0) is 14.3 Å². The zero-order valence-corrected chi connectivity index (χ0v) is 17.5. The number of phenolic OH excluding ortho intramolecular Hbond substituents is 1. The number of likely N-dealkylation sites (tertiary alicyclic amines) is 1.